The van der Waals surface area contributed by atoms with Crippen molar-refractivity contribution < 1.29 is 26.3 Å². The van der Waals surface area contributed by atoms with Gasteiger partial charge in [0.25, 0.3) is 0 Å². The molecule has 0 amide bonds. The van der Waals surface area contributed by atoms with Crippen molar-refractivity contribution in [2.45, 2.75) is 51.0 Å². The average molecular weight is 392 g/mol. The van der Waals surface area contributed by atoms with Crippen molar-refractivity contribution in [2.24, 2.45) is 0 Å². The summed E-state index contributed by atoms with van der Waals surface area (Å²) in [7, 11) is 0. The van der Waals surface area contributed by atoms with Gasteiger partial charge in [-0.05, 0) is 24.1 Å². The fourth-order valence-electron chi connectivity index (χ4n) is 4.06. The molecule has 27 heavy (non-hydrogen) atoms. The maximum atomic E-state index is 13.6. The third-order valence-electron chi connectivity index (χ3n) is 5.13. The van der Waals surface area contributed by atoms with E-state index in [2.05, 4.69) is 4.98 Å². The van der Waals surface area contributed by atoms with Crippen molar-refractivity contribution >= 4 is 16.6 Å². The van der Waals surface area contributed by atoms with Crippen molar-refractivity contribution in [3.63, 3.8) is 0 Å². The van der Waals surface area contributed by atoms with Gasteiger partial charge in [0.1, 0.15) is 0 Å². The molecule has 2 aromatic rings. The van der Waals surface area contributed by atoms with E-state index in [1.165, 1.54) is 17.0 Å². The molecule has 2 atom stereocenters. The highest BCUT2D eigenvalue weighted by molar-refractivity contribution is 5.93. The quantitative estimate of drug-likeness (QED) is 0.729. The minimum atomic E-state index is -4.75. The Labute approximate surface area is 151 Å². The van der Waals surface area contributed by atoms with E-state index in [0.29, 0.717) is 23.7 Å². The second kappa shape index (κ2) is 6.45. The lowest BCUT2D eigenvalue weighted by atomic mass is 9.90. The largest absolute Gasteiger partial charge is 0.417 e. The SMILES string of the molecule is CCC1C(C)c2c(ccc3[nH]c(=O)cc(C(F)(F)F)c23)N1CCC(F)(F)F. The van der Waals surface area contributed by atoms with Crippen LogP contribution in [0, 0.1) is 0 Å². The standard InChI is InChI=1S/C18H18F6N2O/c1-3-12-9(2)15-13(26(12)7-6-17(19,20)21)5-4-11-16(15)10(18(22,23)24)8-14(27)25-11/h4-5,8-9,12H,3,6-7H2,1-2H3,(H,25,27). The number of fused-ring (bicyclic) bond motifs is 3. The van der Waals surface area contributed by atoms with E-state index in [1.54, 1.807) is 13.8 Å². The predicted molar refractivity (Wildman–Crippen MR) is 90.1 cm³/mol. The molecule has 0 fully saturated rings. The summed E-state index contributed by atoms with van der Waals surface area (Å²) in [5.41, 5.74) is -1.19. The van der Waals surface area contributed by atoms with Gasteiger partial charge in [-0.1, -0.05) is 13.8 Å². The number of pyridine rings is 1. The Bertz CT molecular complexity index is 915. The lowest BCUT2D eigenvalue weighted by Crippen LogP contribution is -2.35. The van der Waals surface area contributed by atoms with Gasteiger partial charge in [0.15, 0.2) is 0 Å². The summed E-state index contributed by atoms with van der Waals surface area (Å²) in [6.45, 7) is 3.18. The predicted octanol–water partition coefficient (Wildman–Crippen LogP) is 5.20. The summed E-state index contributed by atoms with van der Waals surface area (Å²) in [6.07, 6.45) is -9.67. The molecule has 1 aromatic heterocycles. The Kier molecular flexibility index (Phi) is 4.68. The molecule has 2 unspecified atom stereocenters. The van der Waals surface area contributed by atoms with Crippen molar-refractivity contribution in [1.82, 2.24) is 4.98 Å². The first-order chi connectivity index (χ1) is 12.4. The van der Waals surface area contributed by atoms with Gasteiger partial charge in [-0.25, -0.2) is 0 Å². The second-order valence-electron chi connectivity index (χ2n) is 6.79. The number of nitrogens with one attached hydrogen (secondary N) is 1. The molecule has 3 rings (SSSR count). The molecule has 1 aromatic carbocycles. The zero-order chi connectivity index (χ0) is 20.1. The monoisotopic (exact) mass is 392 g/mol. The average Bonchev–Trinajstić information content (AvgIpc) is 2.82. The van der Waals surface area contributed by atoms with Crippen molar-refractivity contribution in [1.29, 1.82) is 0 Å². The van der Waals surface area contributed by atoms with Gasteiger partial charge in [0, 0.05) is 41.2 Å². The summed E-state index contributed by atoms with van der Waals surface area (Å²) in [6, 6.07) is 2.99. The Morgan fingerprint density at radius 2 is 1.81 bits per heavy atom. The van der Waals surface area contributed by atoms with Crippen LogP contribution in [0.25, 0.3) is 10.9 Å². The van der Waals surface area contributed by atoms with Crippen LogP contribution in [0.4, 0.5) is 32.0 Å². The molecular formula is C18H18F6N2O. The summed E-state index contributed by atoms with van der Waals surface area (Å²) in [4.78, 5) is 15.6. The van der Waals surface area contributed by atoms with Gasteiger partial charge in [-0.15, -0.1) is 0 Å². The third-order valence-corrected chi connectivity index (χ3v) is 5.13. The van der Waals surface area contributed by atoms with Gasteiger partial charge >= 0.3 is 12.4 Å². The van der Waals surface area contributed by atoms with Crippen molar-refractivity contribution in [2.75, 3.05) is 11.4 Å². The highest BCUT2D eigenvalue weighted by Crippen LogP contribution is 2.48. The molecule has 0 aliphatic carbocycles. The number of anilines is 1. The van der Waals surface area contributed by atoms with Crippen LogP contribution in [0.1, 0.15) is 43.7 Å². The molecule has 148 valence electrons. The summed E-state index contributed by atoms with van der Waals surface area (Å²) in [5, 5.41) is -0.139. The fraction of sp³-hybridized carbons (Fsp3) is 0.500. The summed E-state index contributed by atoms with van der Waals surface area (Å²) in [5.74, 6) is -0.408. The first-order valence-electron chi connectivity index (χ1n) is 8.54. The van der Waals surface area contributed by atoms with E-state index in [1.807, 2.05) is 0 Å². The van der Waals surface area contributed by atoms with Gasteiger partial charge in [-0.2, -0.15) is 26.3 Å². The van der Waals surface area contributed by atoms with Crippen LogP contribution in [-0.2, 0) is 6.18 Å². The smallest absolute Gasteiger partial charge is 0.367 e. The van der Waals surface area contributed by atoms with Gasteiger partial charge in [-0.3, -0.25) is 4.79 Å². The molecule has 1 N–H and O–H groups in total. The lowest BCUT2D eigenvalue weighted by molar-refractivity contribution is -0.136. The molecule has 0 saturated carbocycles. The van der Waals surface area contributed by atoms with Gasteiger partial charge in [0.2, 0.25) is 5.56 Å². The van der Waals surface area contributed by atoms with Gasteiger partial charge < -0.3 is 9.88 Å². The first kappa shape index (κ1) is 19.6. The van der Waals surface area contributed by atoms with E-state index in [4.69, 9.17) is 0 Å². The highest BCUT2D eigenvalue weighted by Gasteiger charge is 2.41. The number of nitrogens with zero attached hydrogens (tertiary/aromatic N) is 1. The summed E-state index contributed by atoms with van der Waals surface area (Å²) < 4.78 is 78.8. The number of rotatable bonds is 3. The molecule has 2 heterocycles. The highest BCUT2D eigenvalue weighted by atomic mass is 19.4. The number of aromatic nitrogens is 1. The molecule has 0 radical (unpaired) electrons. The Balaban J connectivity index is 2.24. The molecule has 9 heteroatoms. The van der Waals surface area contributed by atoms with E-state index < -0.39 is 35.8 Å². The lowest BCUT2D eigenvalue weighted by Gasteiger charge is -2.29. The summed E-state index contributed by atoms with van der Waals surface area (Å²) >= 11 is 0. The number of halogens is 6. The Hall–Kier alpha value is -2.19. The van der Waals surface area contributed by atoms with E-state index in [9.17, 15) is 31.1 Å². The van der Waals surface area contributed by atoms with Crippen LogP contribution < -0.4 is 10.5 Å². The van der Waals surface area contributed by atoms with Crippen molar-refractivity contribution in [3.8, 4) is 0 Å². The van der Waals surface area contributed by atoms with Crippen molar-refractivity contribution in [3.05, 3.63) is 39.7 Å². The number of benzene rings is 1. The molecular weight excluding hydrogens is 374 g/mol. The molecule has 1 aliphatic rings. The number of hydrogen-bond donors (Lipinski definition) is 1. The molecule has 0 bridgehead atoms. The topological polar surface area (TPSA) is 36.1 Å². The maximum Gasteiger partial charge on any atom is 0.417 e. The Morgan fingerprint density at radius 1 is 1.15 bits per heavy atom. The van der Waals surface area contributed by atoms with Crippen LogP contribution in [0.3, 0.4) is 0 Å². The van der Waals surface area contributed by atoms with E-state index in [-0.39, 0.29) is 23.5 Å². The minimum Gasteiger partial charge on any atom is -0.367 e. The van der Waals surface area contributed by atoms with Crippen LogP contribution in [-0.4, -0.2) is 23.7 Å². The van der Waals surface area contributed by atoms with Crippen LogP contribution in [0.2, 0.25) is 0 Å². The number of H-pyrrole nitrogens is 1. The zero-order valence-corrected chi connectivity index (χ0v) is 14.6. The molecule has 3 nitrogen and oxygen atoms in total. The minimum absolute atomic E-state index is 0.0351. The Morgan fingerprint density at radius 3 is 2.37 bits per heavy atom. The number of aromatic amines is 1. The van der Waals surface area contributed by atoms with Gasteiger partial charge in [0.05, 0.1) is 12.0 Å². The number of hydrogen-bond acceptors (Lipinski definition) is 2. The van der Waals surface area contributed by atoms with Crippen LogP contribution in [0.5, 0.6) is 0 Å². The maximum absolute atomic E-state index is 13.6. The molecule has 1 aliphatic heterocycles. The van der Waals surface area contributed by atoms with E-state index in [0.717, 1.165) is 0 Å². The second-order valence-corrected chi connectivity index (χ2v) is 6.79. The van der Waals surface area contributed by atoms with Crippen LogP contribution >= 0.6 is 0 Å². The molecule has 0 saturated heterocycles. The van der Waals surface area contributed by atoms with Crippen LogP contribution in [0.15, 0.2) is 23.0 Å². The van der Waals surface area contributed by atoms with E-state index >= 15 is 0 Å². The first-order valence-corrected chi connectivity index (χ1v) is 8.54. The zero-order valence-electron chi connectivity index (χ0n) is 14.6. The normalized spacial score (nSPS) is 20.4. The number of alkyl halides is 6. The third kappa shape index (κ3) is 3.51. The molecule has 0 spiro atoms. The fourth-order valence-corrected chi connectivity index (χ4v) is 4.06.